The minimum atomic E-state index is -4.67. The molecule has 26 heavy (non-hydrogen) atoms. The highest BCUT2D eigenvalue weighted by atomic mass is 19.4. The van der Waals surface area contributed by atoms with Gasteiger partial charge in [-0.1, -0.05) is 6.07 Å². The summed E-state index contributed by atoms with van der Waals surface area (Å²) in [7, 11) is 0. The number of carbonyl (C=O) groups is 1. The molecular formula is C18H14F4N2O2. The average molecular weight is 366 g/mol. The second-order valence-electron chi connectivity index (χ2n) is 6.53. The maximum absolute atomic E-state index is 13.4. The third-order valence-corrected chi connectivity index (χ3v) is 4.73. The van der Waals surface area contributed by atoms with Gasteiger partial charge in [-0.3, -0.25) is 9.78 Å². The van der Waals surface area contributed by atoms with Crippen LogP contribution in [-0.4, -0.2) is 23.2 Å². The summed E-state index contributed by atoms with van der Waals surface area (Å²) in [6.07, 6.45) is -4.11. The number of fused-ring (bicyclic) bond motifs is 3. The van der Waals surface area contributed by atoms with Gasteiger partial charge in [0.15, 0.2) is 6.04 Å². The molecule has 8 heteroatoms. The fraction of sp³-hybridized carbons (Fsp3) is 0.333. The quantitative estimate of drug-likeness (QED) is 0.847. The van der Waals surface area contributed by atoms with E-state index in [1.807, 2.05) is 0 Å². The highest BCUT2D eigenvalue weighted by Crippen LogP contribution is 2.58. The van der Waals surface area contributed by atoms with Crippen LogP contribution >= 0.6 is 0 Å². The number of amides is 1. The van der Waals surface area contributed by atoms with Gasteiger partial charge in [0.1, 0.15) is 17.7 Å². The molecule has 1 aromatic carbocycles. The Kier molecular flexibility index (Phi) is 3.68. The standard InChI is InChI=1S/C18H14F4N2O2/c1-8-2-3-9(7-23-8)16(18(20,21)22)24-17(25)14-13-11-6-10(19)4-5-12(11)26-15(13)14/h2-7,13-16H,1H3,(H,24,25). The smallest absolute Gasteiger partial charge is 0.412 e. The molecule has 1 aliphatic heterocycles. The van der Waals surface area contributed by atoms with Crippen molar-refractivity contribution in [2.24, 2.45) is 5.92 Å². The molecule has 1 N–H and O–H groups in total. The summed E-state index contributed by atoms with van der Waals surface area (Å²) in [5.41, 5.74) is 0.954. The Hall–Kier alpha value is -2.64. The van der Waals surface area contributed by atoms with Crippen molar-refractivity contribution < 1.29 is 27.1 Å². The maximum atomic E-state index is 13.4. The van der Waals surface area contributed by atoms with E-state index in [0.717, 1.165) is 6.20 Å². The van der Waals surface area contributed by atoms with E-state index in [1.54, 1.807) is 6.92 Å². The molecule has 136 valence electrons. The number of hydrogen-bond acceptors (Lipinski definition) is 3. The van der Waals surface area contributed by atoms with Crippen LogP contribution in [0, 0.1) is 18.7 Å². The lowest BCUT2D eigenvalue weighted by molar-refractivity contribution is -0.164. The third-order valence-electron chi connectivity index (χ3n) is 4.73. The Morgan fingerprint density at radius 2 is 2.04 bits per heavy atom. The molecule has 1 fully saturated rings. The summed E-state index contributed by atoms with van der Waals surface area (Å²) in [4.78, 5) is 16.3. The fourth-order valence-electron chi connectivity index (χ4n) is 3.39. The molecule has 2 heterocycles. The van der Waals surface area contributed by atoms with Gasteiger partial charge in [0.25, 0.3) is 0 Å². The van der Waals surface area contributed by atoms with E-state index in [0.29, 0.717) is 17.0 Å². The van der Waals surface area contributed by atoms with Crippen molar-refractivity contribution >= 4 is 5.91 Å². The van der Waals surface area contributed by atoms with Crippen molar-refractivity contribution in [3.05, 3.63) is 59.2 Å². The Balaban J connectivity index is 1.53. The number of halogens is 4. The SMILES string of the molecule is Cc1ccc(C(NC(=O)C2C3Oc4ccc(F)cc4C32)C(F)(F)F)cn1. The summed E-state index contributed by atoms with van der Waals surface area (Å²) in [5.74, 6) is -1.94. The Morgan fingerprint density at radius 1 is 1.27 bits per heavy atom. The van der Waals surface area contributed by atoms with E-state index in [4.69, 9.17) is 4.74 Å². The van der Waals surface area contributed by atoms with Gasteiger partial charge in [0.05, 0.1) is 5.92 Å². The second-order valence-corrected chi connectivity index (χ2v) is 6.53. The van der Waals surface area contributed by atoms with Gasteiger partial charge in [-0.15, -0.1) is 0 Å². The summed E-state index contributed by atoms with van der Waals surface area (Å²) in [6, 6.07) is 4.55. The van der Waals surface area contributed by atoms with Crippen molar-refractivity contribution in [1.82, 2.24) is 10.3 Å². The lowest BCUT2D eigenvalue weighted by Gasteiger charge is -2.22. The van der Waals surface area contributed by atoms with E-state index in [2.05, 4.69) is 10.3 Å². The van der Waals surface area contributed by atoms with Gasteiger partial charge in [-0.25, -0.2) is 4.39 Å². The molecule has 1 aromatic heterocycles. The van der Waals surface area contributed by atoms with Gasteiger partial charge in [0.2, 0.25) is 5.91 Å². The third kappa shape index (κ3) is 2.79. The van der Waals surface area contributed by atoms with Crippen molar-refractivity contribution in [3.8, 4) is 5.75 Å². The van der Waals surface area contributed by atoms with Crippen molar-refractivity contribution in [2.75, 3.05) is 0 Å². The van der Waals surface area contributed by atoms with Crippen LogP contribution in [0.4, 0.5) is 17.6 Å². The first kappa shape index (κ1) is 16.8. The van der Waals surface area contributed by atoms with Crippen LogP contribution < -0.4 is 10.1 Å². The van der Waals surface area contributed by atoms with Gasteiger partial charge in [0, 0.05) is 28.9 Å². The molecule has 4 atom stereocenters. The molecule has 2 aromatic rings. The van der Waals surface area contributed by atoms with Crippen LogP contribution in [0.5, 0.6) is 5.75 Å². The molecule has 1 amide bonds. The van der Waals surface area contributed by atoms with Crippen LogP contribution in [0.1, 0.15) is 28.8 Å². The fourth-order valence-corrected chi connectivity index (χ4v) is 3.39. The number of alkyl halides is 3. The molecule has 2 aliphatic rings. The van der Waals surface area contributed by atoms with E-state index in [-0.39, 0.29) is 5.56 Å². The van der Waals surface area contributed by atoms with E-state index in [1.165, 1.54) is 30.3 Å². The highest BCUT2D eigenvalue weighted by molar-refractivity contribution is 5.86. The molecular weight excluding hydrogens is 352 g/mol. The minimum absolute atomic E-state index is 0.144. The first-order chi connectivity index (χ1) is 12.3. The van der Waals surface area contributed by atoms with Crippen molar-refractivity contribution in [1.29, 1.82) is 0 Å². The normalized spacial score (nSPS) is 24.3. The zero-order valence-corrected chi connectivity index (χ0v) is 13.5. The number of nitrogens with zero attached hydrogens (tertiary/aromatic N) is 1. The van der Waals surface area contributed by atoms with E-state index < -0.39 is 41.9 Å². The molecule has 0 radical (unpaired) electrons. The predicted octanol–water partition coefficient (Wildman–Crippen LogP) is 3.42. The molecule has 0 bridgehead atoms. The Bertz CT molecular complexity index is 866. The molecule has 1 aliphatic carbocycles. The van der Waals surface area contributed by atoms with Crippen molar-refractivity contribution in [2.45, 2.75) is 31.2 Å². The van der Waals surface area contributed by atoms with Gasteiger partial charge < -0.3 is 10.1 Å². The molecule has 4 unspecified atom stereocenters. The van der Waals surface area contributed by atoms with Crippen LogP contribution in [0.25, 0.3) is 0 Å². The largest absolute Gasteiger partial charge is 0.489 e. The number of nitrogens with one attached hydrogen (secondary N) is 1. The summed E-state index contributed by atoms with van der Waals surface area (Å²) >= 11 is 0. The first-order valence-electron chi connectivity index (χ1n) is 8.01. The topological polar surface area (TPSA) is 51.2 Å². The molecule has 1 saturated carbocycles. The van der Waals surface area contributed by atoms with Crippen LogP contribution in [0.15, 0.2) is 36.5 Å². The first-order valence-corrected chi connectivity index (χ1v) is 8.01. The van der Waals surface area contributed by atoms with Crippen molar-refractivity contribution in [3.63, 3.8) is 0 Å². The number of aryl methyl sites for hydroxylation is 1. The lowest BCUT2D eigenvalue weighted by atomic mass is 10.1. The Labute approximate surface area is 146 Å². The van der Waals surface area contributed by atoms with Crippen LogP contribution in [0.2, 0.25) is 0 Å². The number of pyridine rings is 1. The zero-order chi connectivity index (χ0) is 18.6. The molecule has 0 saturated heterocycles. The number of ether oxygens (including phenoxy) is 1. The highest BCUT2D eigenvalue weighted by Gasteiger charge is 2.63. The number of hydrogen-bond donors (Lipinski definition) is 1. The number of aromatic nitrogens is 1. The summed E-state index contributed by atoms with van der Waals surface area (Å²) in [5, 5.41) is 2.05. The van der Waals surface area contributed by atoms with E-state index >= 15 is 0 Å². The monoisotopic (exact) mass is 366 g/mol. The van der Waals surface area contributed by atoms with E-state index in [9.17, 15) is 22.4 Å². The van der Waals surface area contributed by atoms with Gasteiger partial charge >= 0.3 is 6.18 Å². The summed E-state index contributed by atoms with van der Waals surface area (Å²) < 4.78 is 59.2. The van der Waals surface area contributed by atoms with Crippen LogP contribution in [0.3, 0.4) is 0 Å². The lowest BCUT2D eigenvalue weighted by Crippen LogP contribution is -2.39. The predicted molar refractivity (Wildman–Crippen MR) is 83.0 cm³/mol. The number of rotatable bonds is 3. The maximum Gasteiger partial charge on any atom is 0.412 e. The molecule has 4 rings (SSSR count). The van der Waals surface area contributed by atoms with Crippen LogP contribution in [-0.2, 0) is 4.79 Å². The molecule has 4 nitrogen and oxygen atoms in total. The Morgan fingerprint density at radius 3 is 2.69 bits per heavy atom. The number of carbonyl (C=O) groups excluding carboxylic acids is 1. The minimum Gasteiger partial charge on any atom is -0.489 e. The molecule has 0 spiro atoms. The number of benzene rings is 1. The van der Waals surface area contributed by atoms with Gasteiger partial charge in [-0.2, -0.15) is 13.2 Å². The zero-order valence-electron chi connectivity index (χ0n) is 13.5. The second kappa shape index (κ2) is 5.69. The van der Waals surface area contributed by atoms with Gasteiger partial charge in [-0.05, 0) is 31.2 Å². The average Bonchev–Trinajstić information content (AvgIpc) is 3.17. The summed E-state index contributed by atoms with van der Waals surface area (Å²) in [6.45, 7) is 1.66.